The molecule has 1 aliphatic heterocycles. The molecule has 0 spiro atoms. The summed E-state index contributed by atoms with van der Waals surface area (Å²) >= 11 is 0. The van der Waals surface area contributed by atoms with Crippen molar-refractivity contribution in [2.24, 2.45) is 5.10 Å². The summed E-state index contributed by atoms with van der Waals surface area (Å²) in [6.07, 6.45) is 6.36. The largest absolute Gasteiger partial charge is 0.506 e. The number of hydrogen-bond acceptors (Lipinski definition) is 8. The van der Waals surface area contributed by atoms with Crippen LogP contribution in [-0.4, -0.2) is 34.2 Å². The van der Waals surface area contributed by atoms with Crippen LogP contribution in [0.5, 0.6) is 5.75 Å². The van der Waals surface area contributed by atoms with E-state index in [1.54, 1.807) is 78.9 Å². The average Bonchev–Trinajstić information content (AvgIpc) is 3.56. The number of aromatic hydroxyl groups is 1. The molecule has 1 aliphatic carbocycles. The number of hydrazone groups is 1. The van der Waals surface area contributed by atoms with Gasteiger partial charge in [-0.25, -0.2) is 0 Å². The standard InChI is InChI=1S/C39H36N5O5P/c1-4-36(46)40-23-27-15-18-35(45)34(21-27)44-42-32-17-16-29(22-33(32)43-44)38(47)41-24-28-19-25(2)37(26(3)20-28)39(48)50(49,30-11-7-5-8-12-30)31-13-9-6-10-14-31/h4-22,33,43,45H,1,23-24H2,2-3H3,(H,40,46)(H,41,47). The van der Waals surface area contributed by atoms with E-state index in [9.17, 15) is 24.1 Å². The Kier molecular flexibility index (Phi) is 9.76. The number of fused-ring (bicyclic) bond motifs is 1. The summed E-state index contributed by atoms with van der Waals surface area (Å²) in [5, 5.41) is 23.1. The number of nitrogens with one attached hydrogen (secondary N) is 3. The van der Waals surface area contributed by atoms with Crippen molar-refractivity contribution in [1.29, 1.82) is 0 Å². The van der Waals surface area contributed by atoms with Crippen molar-refractivity contribution in [3.05, 3.63) is 155 Å². The Morgan fingerprint density at radius 3 is 2.12 bits per heavy atom. The van der Waals surface area contributed by atoms with E-state index in [2.05, 4.69) is 27.7 Å². The predicted molar refractivity (Wildman–Crippen MR) is 196 cm³/mol. The van der Waals surface area contributed by atoms with Crippen molar-refractivity contribution in [2.45, 2.75) is 33.0 Å². The van der Waals surface area contributed by atoms with Gasteiger partial charge in [0.1, 0.15) is 11.4 Å². The van der Waals surface area contributed by atoms with E-state index in [-0.39, 0.29) is 30.7 Å². The lowest BCUT2D eigenvalue weighted by atomic mass is 9.99. The van der Waals surface area contributed by atoms with E-state index in [0.29, 0.717) is 44.3 Å². The van der Waals surface area contributed by atoms with Gasteiger partial charge in [-0.2, -0.15) is 15.6 Å². The molecular formula is C39H36N5O5P. The molecule has 1 unspecified atom stereocenters. The Hall–Kier alpha value is -5.83. The molecule has 0 fully saturated rings. The highest BCUT2D eigenvalue weighted by atomic mass is 31.2. The normalized spacial score (nSPS) is 15.1. The molecule has 0 aromatic heterocycles. The molecule has 252 valence electrons. The Morgan fingerprint density at radius 2 is 1.50 bits per heavy atom. The van der Waals surface area contributed by atoms with E-state index in [1.165, 1.54) is 17.3 Å². The van der Waals surface area contributed by atoms with Crippen LogP contribution >= 0.6 is 7.14 Å². The number of nitrogens with zero attached hydrogens (tertiary/aromatic N) is 2. The number of hydrogen-bond donors (Lipinski definition) is 4. The topological polar surface area (TPSA) is 140 Å². The third-order valence-electron chi connectivity index (χ3n) is 8.54. The molecule has 1 heterocycles. The van der Waals surface area contributed by atoms with Gasteiger partial charge in [-0.1, -0.05) is 85.4 Å². The van der Waals surface area contributed by atoms with Gasteiger partial charge in [0.25, 0.3) is 5.91 Å². The highest BCUT2D eigenvalue weighted by Gasteiger charge is 2.38. The van der Waals surface area contributed by atoms with Gasteiger partial charge in [-0.15, -0.1) is 0 Å². The SMILES string of the molecule is C=CC(=O)NCc1ccc(O)c(N2N=C3C=CC(C(=O)NCc4cc(C)c(C(=O)P(=O)(c5ccccc5)c5ccccc5)c(C)c4)=CC3N2)c1. The van der Waals surface area contributed by atoms with Gasteiger partial charge in [0.2, 0.25) is 18.6 Å². The minimum Gasteiger partial charge on any atom is -0.506 e. The summed E-state index contributed by atoms with van der Waals surface area (Å²) in [6, 6.07) is 25.9. The van der Waals surface area contributed by atoms with Crippen molar-refractivity contribution in [3.63, 3.8) is 0 Å². The van der Waals surface area contributed by atoms with Crippen LogP contribution in [0.4, 0.5) is 5.69 Å². The molecular weight excluding hydrogens is 649 g/mol. The number of phenols is 1. The van der Waals surface area contributed by atoms with Crippen molar-refractivity contribution in [3.8, 4) is 5.75 Å². The first-order valence-electron chi connectivity index (χ1n) is 16.0. The van der Waals surface area contributed by atoms with Gasteiger partial charge in [0, 0.05) is 34.8 Å². The van der Waals surface area contributed by atoms with Gasteiger partial charge in [-0.05, 0) is 72.5 Å². The van der Waals surface area contributed by atoms with Crippen molar-refractivity contribution in [2.75, 3.05) is 5.12 Å². The molecule has 10 nitrogen and oxygen atoms in total. The Labute approximate surface area is 290 Å². The lowest BCUT2D eigenvalue weighted by Crippen LogP contribution is -2.38. The van der Waals surface area contributed by atoms with E-state index < -0.39 is 18.7 Å². The minimum absolute atomic E-state index is 0.00790. The Morgan fingerprint density at radius 1 is 0.880 bits per heavy atom. The third kappa shape index (κ3) is 6.85. The van der Waals surface area contributed by atoms with Crippen molar-refractivity contribution in [1.82, 2.24) is 16.1 Å². The second-order valence-corrected chi connectivity index (χ2v) is 14.7. The number of carbonyl (C=O) groups is 3. The highest BCUT2D eigenvalue weighted by molar-refractivity contribution is 7.93. The summed E-state index contributed by atoms with van der Waals surface area (Å²) in [7, 11) is -3.68. The zero-order valence-electron chi connectivity index (χ0n) is 27.6. The Bertz CT molecular complexity index is 2080. The minimum atomic E-state index is -3.68. The van der Waals surface area contributed by atoms with E-state index in [4.69, 9.17) is 0 Å². The zero-order valence-corrected chi connectivity index (χ0v) is 28.5. The van der Waals surface area contributed by atoms with Crippen LogP contribution in [0.15, 0.2) is 133 Å². The molecule has 0 bridgehead atoms. The molecule has 4 N–H and O–H groups in total. The van der Waals surface area contributed by atoms with Crippen LogP contribution in [0.3, 0.4) is 0 Å². The number of benzene rings is 4. The molecule has 4 aromatic carbocycles. The molecule has 2 amide bonds. The monoisotopic (exact) mass is 685 g/mol. The summed E-state index contributed by atoms with van der Waals surface area (Å²) < 4.78 is 14.7. The first-order chi connectivity index (χ1) is 24.1. The van der Waals surface area contributed by atoms with E-state index in [0.717, 1.165) is 11.1 Å². The fourth-order valence-corrected chi connectivity index (χ4v) is 8.67. The molecule has 1 atom stereocenters. The molecule has 0 saturated carbocycles. The maximum atomic E-state index is 14.7. The number of amides is 2. The smallest absolute Gasteiger partial charge is 0.251 e. The summed E-state index contributed by atoms with van der Waals surface area (Å²) in [6.45, 7) is 7.55. The fraction of sp³-hybridized carbons (Fsp3) is 0.128. The number of hydrazine groups is 1. The molecule has 2 aliphatic rings. The van der Waals surface area contributed by atoms with Crippen LogP contribution in [0.25, 0.3) is 0 Å². The molecule has 11 heteroatoms. The maximum absolute atomic E-state index is 14.7. The third-order valence-corrected chi connectivity index (χ3v) is 11.4. The number of rotatable bonds is 11. The zero-order chi connectivity index (χ0) is 35.4. The molecule has 4 aromatic rings. The summed E-state index contributed by atoms with van der Waals surface area (Å²) in [5.41, 5.74) is 7.55. The van der Waals surface area contributed by atoms with E-state index in [1.807, 2.05) is 38.1 Å². The van der Waals surface area contributed by atoms with Crippen molar-refractivity contribution >= 4 is 46.5 Å². The quantitative estimate of drug-likeness (QED) is 0.131. The molecule has 6 rings (SSSR count). The summed E-state index contributed by atoms with van der Waals surface area (Å²) in [5.74, 6) is -0.610. The Balaban J connectivity index is 1.14. The maximum Gasteiger partial charge on any atom is 0.251 e. The first kappa shape index (κ1) is 34.0. The number of aryl methyl sites for hydroxylation is 2. The number of carbonyl (C=O) groups excluding carboxylic acids is 3. The van der Waals surface area contributed by atoms with Gasteiger partial charge in [0.05, 0.1) is 11.8 Å². The molecule has 50 heavy (non-hydrogen) atoms. The van der Waals surface area contributed by atoms with Gasteiger partial charge < -0.3 is 20.3 Å². The molecule has 0 radical (unpaired) electrons. The van der Waals surface area contributed by atoms with Crippen LogP contribution in [0, 0.1) is 13.8 Å². The van der Waals surface area contributed by atoms with Gasteiger partial charge in [0.15, 0.2) is 0 Å². The highest BCUT2D eigenvalue weighted by Crippen LogP contribution is 2.48. The van der Waals surface area contributed by atoms with Crippen LogP contribution in [-0.2, 0) is 27.2 Å². The van der Waals surface area contributed by atoms with Crippen LogP contribution in [0.2, 0.25) is 0 Å². The lowest BCUT2D eigenvalue weighted by Gasteiger charge is -2.21. The molecule has 0 saturated heterocycles. The second-order valence-electron chi connectivity index (χ2n) is 12.0. The summed E-state index contributed by atoms with van der Waals surface area (Å²) in [4.78, 5) is 39.0. The second kappa shape index (κ2) is 14.3. The number of anilines is 1. The van der Waals surface area contributed by atoms with Crippen LogP contribution < -0.4 is 31.8 Å². The lowest BCUT2D eigenvalue weighted by molar-refractivity contribution is -0.117. The van der Waals surface area contributed by atoms with Crippen molar-refractivity contribution < 1.29 is 24.1 Å². The van der Waals surface area contributed by atoms with Gasteiger partial charge >= 0.3 is 0 Å². The van der Waals surface area contributed by atoms with Gasteiger partial charge in [-0.3, -0.25) is 14.4 Å². The van der Waals surface area contributed by atoms with Crippen LogP contribution in [0.1, 0.15) is 32.6 Å². The average molecular weight is 686 g/mol. The first-order valence-corrected chi connectivity index (χ1v) is 17.7. The fourth-order valence-electron chi connectivity index (χ4n) is 6.05. The number of phenolic OH excluding ortho intramolecular Hbond substituents is 1. The predicted octanol–water partition coefficient (Wildman–Crippen LogP) is 4.83. The van der Waals surface area contributed by atoms with E-state index >= 15 is 0 Å².